The molecule has 0 fully saturated rings. The lowest BCUT2D eigenvalue weighted by Gasteiger charge is -2.12. The van der Waals surface area contributed by atoms with Gasteiger partial charge in [0.1, 0.15) is 11.2 Å². The average molecular weight is 628 g/mol. The molecule has 3 heterocycles. The molecule has 0 amide bonds. The summed E-state index contributed by atoms with van der Waals surface area (Å²) < 4.78 is 6.25. The van der Waals surface area contributed by atoms with Crippen molar-refractivity contribution in [1.82, 2.24) is 15.0 Å². The van der Waals surface area contributed by atoms with E-state index in [0.29, 0.717) is 5.82 Å². The molecule has 0 atom stereocenters. The van der Waals surface area contributed by atoms with Gasteiger partial charge in [-0.3, -0.25) is 4.98 Å². The lowest BCUT2D eigenvalue weighted by Crippen LogP contribution is -1.96. The maximum atomic E-state index is 6.25. The Bertz CT molecular complexity index is 2590. The van der Waals surface area contributed by atoms with Gasteiger partial charge in [-0.15, -0.1) is 0 Å². The molecule has 6 aromatic carbocycles. The number of furan rings is 1. The Hall–Kier alpha value is -6.65. The molecule has 0 spiro atoms. The van der Waals surface area contributed by atoms with Gasteiger partial charge < -0.3 is 4.42 Å². The fourth-order valence-corrected chi connectivity index (χ4v) is 6.47. The maximum Gasteiger partial charge on any atom is 0.160 e. The van der Waals surface area contributed by atoms with Crippen LogP contribution in [0, 0.1) is 0 Å². The zero-order valence-corrected chi connectivity index (χ0v) is 26.5. The first kappa shape index (κ1) is 28.6. The number of nitrogens with zero attached hydrogens (tertiary/aromatic N) is 3. The van der Waals surface area contributed by atoms with Gasteiger partial charge in [0, 0.05) is 45.4 Å². The fraction of sp³-hybridized carbons (Fsp3) is 0. The number of hydrogen-bond acceptors (Lipinski definition) is 4. The van der Waals surface area contributed by atoms with Gasteiger partial charge in [-0.25, -0.2) is 9.97 Å². The quantitative estimate of drug-likeness (QED) is 0.184. The van der Waals surface area contributed by atoms with Gasteiger partial charge in [-0.1, -0.05) is 121 Å². The van der Waals surface area contributed by atoms with Crippen LogP contribution in [0.5, 0.6) is 0 Å². The van der Waals surface area contributed by atoms with Crippen LogP contribution in [0.2, 0.25) is 0 Å². The standard InChI is InChI=1S/C45H29N3O/c1-2-9-30(10-3-1)31-18-20-32(21-19-31)41-28-42(48-45(47-41)37-22-23-40-39-16-4-5-17-43(39)49-44(40)27-37)36-14-7-12-34(26-36)33-11-6-13-35(25-33)38-15-8-24-46-29-38/h1-29H. The fourth-order valence-electron chi connectivity index (χ4n) is 6.47. The lowest BCUT2D eigenvalue weighted by molar-refractivity contribution is 0.669. The van der Waals surface area contributed by atoms with Crippen molar-refractivity contribution in [3.05, 3.63) is 176 Å². The predicted molar refractivity (Wildman–Crippen MR) is 200 cm³/mol. The van der Waals surface area contributed by atoms with Crippen LogP contribution in [0.15, 0.2) is 181 Å². The van der Waals surface area contributed by atoms with Gasteiger partial charge in [0.15, 0.2) is 5.82 Å². The third kappa shape index (κ3) is 5.56. The van der Waals surface area contributed by atoms with Crippen LogP contribution in [-0.4, -0.2) is 15.0 Å². The Labute approximate surface area is 284 Å². The van der Waals surface area contributed by atoms with E-state index in [1.165, 1.54) is 5.56 Å². The van der Waals surface area contributed by atoms with E-state index in [1.807, 2.05) is 36.5 Å². The summed E-state index contributed by atoms with van der Waals surface area (Å²) in [6.07, 6.45) is 3.70. The van der Waals surface area contributed by atoms with Crippen LogP contribution >= 0.6 is 0 Å². The highest BCUT2D eigenvalue weighted by Gasteiger charge is 2.14. The third-order valence-corrected chi connectivity index (χ3v) is 9.00. The molecule has 0 aliphatic carbocycles. The van der Waals surface area contributed by atoms with Crippen LogP contribution < -0.4 is 0 Å². The van der Waals surface area contributed by atoms with Gasteiger partial charge >= 0.3 is 0 Å². The first-order valence-corrected chi connectivity index (χ1v) is 16.3. The second-order valence-corrected chi connectivity index (χ2v) is 12.1. The Morgan fingerprint density at radius 1 is 0.347 bits per heavy atom. The Balaban J connectivity index is 1.16. The van der Waals surface area contributed by atoms with E-state index in [4.69, 9.17) is 14.4 Å². The van der Waals surface area contributed by atoms with Gasteiger partial charge in [0.2, 0.25) is 0 Å². The summed E-state index contributed by atoms with van der Waals surface area (Å²) in [5.41, 5.74) is 13.1. The van der Waals surface area contributed by atoms with Crippen molar-refractivity contribution >= 4 is 21.9 Å². The van der Waals surface area contributed by atoms with Crippen molar-refractivity contribution in [3.63, 3.8) is 0 Å². The molecule has 0 aliphatic heterocycles. The van der Waals surface area contributed by atoms with E-state index in [2.05, 4.69) is 138 Å². The Morgan fingerprint density at radius 2 is 0.918 bits per heavy atom. The molecule has 4 heteroatoms. The van der Waals surface area contributed by atoms with Crippen LogP contribution in [-0.2, 0) is 0 Å². The summed E-state index contributed by atoms with van der Waals surface area (Å²) >= 11 is 0. The predicted octanol–water partition coefficient (Wildman–Crippen LogP) is 11.8. The number of pyridine rings is 1. The summed E-state index contributed by atoms with van der Waals surface area (Å²) in [4.78, 5) is 14.6. The zero-order chi connectivity index (χ0) is 32.6. The highest BCUT2D eigenvalue weighted by molar-refractivity contribution is 6.05. The van der Waals surface area contributed by atoms with Crippen LogP contribution in [0.4, 0.5) is 0 Å². The van der Waals surface area contributed by atoms with Crippen molar-refractivity contribution in [1.29, 1.82) is 0 Å². The van der Waals surface area contributed by atoms with E-state index in [-0.39, 0.29) is 0 Å². The van der Waals surface area contributed by atoms with Crippen molar-refractivity contribution in [2.24, 2.45) is 0 Å². The number of benzene rings is 6. The highest BCUT2D eigenvalue weighted by atomic mass is 16.3. The number of fused-ring (bicyclic) bond motifs is 3. The summed E-state index contributed by atoms with van der Waals surface area (Å²) in [5, 5.41) is 2.18. The van der Waals surface area contributed by atoms with E-state index in [9.17, 15) is 0 Å². The van der Waals surface area contributed by atoms with Crippen molar-refractivity contribution in [3.8, 4) is 67.3 Å². The Morgan fingerprint density at radius 3 is 1.69 bits per heavy atom. The molecule has 0 N–H and O–H groups in total. The molecule has 3 aromatic heterocycles. The molecular formula is C45H29N3O. The van der Waals surface area contributed by atoms with E-state index >= 15 is 0 Å². The van der Waals surface area contributed by atoms with Gasteiger partial charge in [-0.05, 0) is 70.3 Å². The molecule has 0 bridgehead atoms. The molecule has 4 nitrogen and oxygen atoms in total. The van der Waals surface area contributed by atoms with E-state index in [0.717, 1.165) is 77.8 Å². The van der Waals surface area contributed by atoms with E-state index in [1.54, 1.807) is 6.20 Å². The number of aromatic nitrogens is 3. The smallest absolute Gasteiger partial charge is 0.160 e. The minimum Gasteiger partial charge on any atom is -0.456 e. The lowest BCUT2D eigenvalue weighted by atomic mass is 9.97. The van der Waals surface area contributed by atoms with Gasteiger partial charge in [-0.2, -0.15) is 0 Å². The normalized spacial score (nSPS) is 11.3. The molecule has 0 unspecified atom stereocenters. The van der Waals surface area contributed by atoms with Crippen molar-refractivity contribution in [2.75, 3.05) is 0 Å². The summed E-state index contributed by atoms with van der Waals surface area (Å²) in [7, 11) is 0. The molecule has 0 radical (unpaired) electrons. The van der Waals surface area contributed by atoms with Gasteiger partial charge in [0.25, 0.3) is 0 Å². The molecule has 9 rings (SSSR count). The van der Waals surface area contributed by atoms with Crippen molar-refractivity contribution in [2.45, 2.75) is 0 Å². The second-order valence-electron chi connectivity index (χ2n) is 12.1. The molecular weight excluding hydrogens is 599 g/mol. The topological polar surface area (TPSA) is 51.8 Å². The maximum absolute atomic E-state index is 6.25. The Kier molecular flexibility index (Phi) is 7.10. The molecule has 9 aromatic rings. The first-order valence-electron chi connectivity index (χ1n) is 16.3. The molecule has 230 valence electrons. The van der Waals surface area contributed by atoms with E-state index < -0.39 is 0 Å². The van der Waals surface area contributed by atoms with Crippen LogP contribution in [0.1, 0.15) is 0 Å². The van der Waals surface area contributed by atoms with Crippen molar-refractivity contribution < 1.29 is 4.42 Å². The third-order valence-electron chi connectivity index (χ3n) is 9.00. The molecule has 0 aliphatic rings. The second kappa shape index (κ2) is 12.2. The highest BCUT2D eigenvalue weighted by Crippen LogP contribution is 2.35. The monoisotopic (exact) mass is 627 g/mol. The largest absolute Gasteiger partial charge is 0.456 e. The minimum atomic E-state index is 0.644. The first-order chi connectivity index (χ1) is 24.2. The van der Waals surface area contributed by atoms with Crippen LogP contribution in [0.25, 0.3) is 89.2 Å². The molecule has 0 saturated heterocycles. The minimum absolute atomic E-state index is 0.644. The SMILES string of the molecule is c1ccc(-c2ccc(-c3cc(-c4cccc(-c5cccc(-c6cccnc6)c5)c4)nc(-c4ccc5c(c4)oc4ccccc45)n3)cc2)cc1. The number of para-hydroxylation sites is 1. The zero-order valence-electron chi connectivity index (χ0n) is 26.5. The van der Waals surface area contributed by atoms with Gasteiger partial charge in [0.05, 0.1) is 11.4 Å². The molecule has 0 saturated carbocycles. The summed E-state index contributed by atoms with van der Waals surface area (Å²) in [6, 6.07) is 56.7. The number of rotatable bonds is 6. The average Bonchev–Trinajstić information content (AvgIpc) is 3.57. The van der Waals surface area contributed by atoms with Crippen LogP contribution in [0.3, 0.4) is 0 Å². The molecule has 49 heavy (non-hydrogen) atoms. The summed E-state index contributed by atoms with van der Waals surface area (Å²) in [6.45, 7) is 0. The summed E-state index contributed by atoms with van der Waals surface area (Å²) in [5.74, 6) is 0.644. The number of hydrogen-bond donors (Lipinski definition) is 0.